The lowest BCUT2D eigenvalue weighted by Gasteiger charge is -2.22. The Morgan fingerprint density at radius 3 is 2.62 bits per heavy atom. The summed E-state index contributed by atoms with van der Waals surface area (Å²) in [6, 6.07) is 5.34. The van der Waals surface area contributed by atoms with Gasteiger partial charge in [-0.15, -0.1) is 0 Å². The van der Waals surface area contributed by atoms with Crippen molar-refractivity contribution in [2.45, 2.75) is 19.3 Å². The topological polar surface area (TPSA) is 59.6 Å². The molecule has 1 aliphatic rings. The number of benzene rings is 1. The number of ether oxygens (including phenoxy) is 2. The highest BCUT2D eigenvalue weighted by atomic mass is 16.5. The number of piperidine rings is 1. The van der Waals surface area contributed by atoms with Crippen LogP contribution >= 0.6 is 0 Å². The number of amides is 1. The van der Waals surface area contributed by atoms with Gasteiger partial charge >= 0.3 is 0 Å². The van der Waals surface area contributed by atoms with E-state index in [0.717, 1.165) is 19.5 Å². The van der Waals surface area contributed by atoms with Crippen molar-refractivity contribution in [2.24, 2.45) is 5.92 Å². The number of nitrogens with one attached hydrogen (secondary N) is 2. The average molecular weight is 292 g/mol. The maximum Gasteiger partial charge on any atom is 0.258 e. The van der Waals surface area contributed by atoms with E-state index in [4.69, 9.17) is 9.47 Å². The van der Waals surface area contributed by atoms with Gasteiger partial charge in [-0.25, -0.2) is 0 Å². The van der Waals surface area contributed by atoms with E-state index < -0.39 is 0 Å². The number of methoxy groups -OCH3 is 2. The van der Waals surface area contributed by atoms with Gasteiger partial charge in [-0.2, -0.15) is 0 Å². The molecule has 1 unspecified atom stereocenters. The van der Waals surface area contributed by atoms with Crippen LogP contribution in [-0.4, -0.2) is 39.8 Å². The molecule has 0 spiro atoms. The summed E-state index contributed by atoms with van der Waals surface area (Å²) < 4.78 is 10.5. The number of hydrogen-bond acceptors (Lipinski definition) is 4. The third-order valence-corrected chi connectivity index (χ3v) is 3.89. The maximum atomic E-state index is 12.4. The molecule has 1 atom stereocenters. The van der Waals surface area contributed by atoms with Crippen molar-refractivity contribution in [2.75, 3.05) is 33.9 Å². The predicted molar refractivity (Wildman–Crippen MR) is 82.1 cm³/mol. The second-order valence-electron chi connectivity index (χ2n) is 5.29. The molecule has 1 aromatic rings. The molecule has 1 aliphatic heterocycles. The fraction of sp³-hybridized carbons (Fsp3) is 0.562. The molecule has 5 nitrogen and oxygen atoms in total. The van der Waals surface area contributed by atoms with Crippen molar-refractivity contribution >= 4 is 5.91 Å². The van der Waals surface area contributed by atoms with E-state index in [1.54, 1.807) is 26.4 Å². The lowest BCUT2D eigenvalue weighted by molar-refractivity contribution is 0.0944. The summed E-state index contributed by atoms with van der Waals surface area (Å²) in [5.74, 6) is 1.57. The Labute approximate surface area is 126 Å². The van der Waals surface area contributed by atoms with Crippen LogP contribution in [0.5, 0.6) is 11.5 Å². The van der Waals surface area contributed by atoms with Gasteiger partial charge in [0.25, 0.3) is 5.91 Å². The van der Waals surface area contributed by atoms with Gasteiger partial charge in [-0.05, 0) is 50.4 Å². The molecular weight excluding hydrogens is 268 g/mol. The monoisotopic (exact) mass is 292 g/mol. The zero-order chi connectivity index (χ0) is 15.1. The lowest BCUT2D eigenvalue weighted by Crippen LogP contribution is -2.33. The molecule has 0 radical (unpaired) electrons. The number of carbonyl (C=O) groups is 1. The number of carbonyl (C=O) groups excluding carboxylic acids is 1. The first kappa shape index (κ1) is 15.6. The summed E-state index contributed by atoms with van der Waals surface area (Å²) in [7, 11) is 3.11. The zero-order valence-electron chi connectivity index (χ0n) is 12.8. The Bertz CT molecular complexity index is 448. The van der Waals surface area contributed by atoms with Gasteiger partial charge in [-0.1, -0.05) is 6.07 Å². The zero-order valence-corrected chi connectivity index (χ0v) is 12.8. The van der Waals surface area contributed by atoms with E-state index >= 15 is 0 Å². The fourth-order valence-corrected chi connectivity index (χ4v) is 2.72. The Hall–Kier alpha value is -1.75. The molecule has 0 saturated carbocycles. The SMILES string of the molecule is COc1cccc(OC)c1C(=O)NCCC1CCCNC1. The highest BCUT2D eigenvalue weighted by Crippen LogP contribution is 2.28. The summed E-state index contributed by atoms with van der Waals surface area (Å²) >= 11 is 0. The first-order valence-corrected chi connectivity index (χ1v) is 7.46. The van der Waals surface area contributed by atoms with E-state index in [1.165, 1.54) is 12.8 Å². The Morgan fingerprint density at radius 1 is 1.33 bits per heavy atom. The molecule has 116 valence electrons. The summed E-state index contributed by atoms with van der Waals surface area (Å²) in [6.07, 6.45) is 3.45. The fourth-order valence-electron chi connectivity index (χ4n) is 2.72. The highest BCUT2D eigenvalue weighted by molar-refractivity contribution is 5.99. The van der Waals surface area contributed by atoms with Crippen molar-refractivity contribution in [3.05, 3.63) is 23.8 Å². The van der Waals surface area contributed by atoms with E-state index in [1.807, 2.05) is 6.07 Å². The maximum absolute atomic E-state index is 12.4. The van der Waals surface area contributed by atoms with Crippen LogP contribution in [0.1, 0.15) is 29.6 Å². The van der Waals surface area contributed by atoms with Crippen molar-refractivity contribution < 1.29 is 14.3 Å². The molecule has 2 N–H and O–H groups in total. The van der Waals surface area contributed by atoms with Gasteiger partial charge in [0.2, 0.25) is 0 Å². The second-order valence-corrected chi connectivity index (χ2v) is 5.29. The first-order chi connectivity index (χ1) is 10.3. The molecule has 0 aromatic heterocycles. The Morgan fingerprint density at radius 2 is 2.05 bits per heavy atom. The van der Waals surface area contributed by atoms with E-state index in [-0.39, 0.29) is 5.91 Å². The van der Waals surface area contributed by atoms with Crippen molar-refractivity contribution in [3.63, 3.8) is 0 Å². The molecule has 2 rings (SSSR count). The summed E-state index contributed by atoms with van der Waals surface area (Å²) in [4.78, 5) is 12.4. The molecule has 1 saturated heterocycles. The normalized spacial score (nSPS) is 18.1. The summed E-state index contributed by atoms with van der Waals surface area (Å²) in [5, 5.41) is 6.36. The van der Waals surface area contributed by atoms with Gasteiger partial charge in [0.1, 0.15) is 17.1 Å². The Balaban J connectivity index is 1.93. The van der Waals surface area contributed by atoms with E-state index in [2.05, 4.69) is 10.6 Å². The highest BCUT2D eigenvalue weighted by Gasteiger charge is 2.18. The summed E-state index contributed by atoms with van der Waals surface area (Å²) in [6.45, 7) is 2.83. The largest absolute Gasteiger partial charge is 0.496 e. The molecule has 0 bridgehead atoms. The molecule has 1 aromatic carbocycles. The van der Waals surface area contributed by atoms with Crippen molar-refractivity contribution in [1.82, 2.24) is 10.6 Å². The smallest absolute Gasteiger partial charge is 0.258 e. The van der Waals surface area contributed by atoms with E-state index in [0.29, 0.717) is 29.5 Å². The first-order valence-electron chi connectivity index (χ1n) is 7.46. The molecule has 1 heterocycles. The third-order valence-electron chi connectivity index (χ3n) is 3.89. The summed E-state index contributed by atoms with van der Waals surface area (Å²) in [5.41, 5.74) is 0.462. The lowest BCUT2D eigenvalue weighted by atomic mass is 9.96. The predicted octanol–water partition coefficient (Wildman–Crippen LogP) is 1.82. The van der Waals surface area contributed by atoms with Gasteiger partial charge in [-0.3, -0.25) is 4.79 Å². The van der Waals surface area contributed by atoms with Gasteiger partial charge < -0.3 is 20.1 Å². The van der Waals surface area contributed by atoms with Crippen LogP contribution in [0.15, 0.2) is 18.2 Å². The molecule has 21 heavy (non-hydrogen) atoms. The quantitative estimate of drug-likeness (QED) is 0.840. The number of hydrogen-bond donors (Lipinski definition) is 2. The van der Waals surface area contributed by atoms with Crippen LogP contribution in [0.25, 0.3) is 0 Å². The van der Waals surface area contributed by atoms with Crippen LogP contribution in [0.4, 0.5) is 0 Å². The van der Waals surface area contributed by atoms with Crippen LogP contribution in [-0.2, 0) is 0 Å². The van der Waals surface area contributed by atoms with Crippen molar-refractivity contribution in [1.29, 1.82) is 0 Å². The van der Waals surface area contributed by atoms with Gasteiger partial charge in [0.15, 0.2) is 0 Å². The third kappa shape index (κ3) is 4.11. The molecular formula is C16H24N2O3. The molecule has 1 amide bonds. The van der Waals surface area contributed by atoms with Crippen LogP contribution in [0, 0.1) is 5.92 Å². The minimum Gasteiger partial charge on any atom is -0.496 e. The molecule has 0 aliphatic carbocycles. The van der Waals surface area contributed by atoms with Crippen LogP contribution < -0.4 is 20.1 Å². The van der Waals surface area contributed by atoms with Crippen LogP contribution in [0.3, 0.4) is 0 Å². The van der Waals surface area contributed by atoms with Crippen molar-refractivity contribution in [3.8, 4) is 11.5 Å². The minimum atomic E-state index is -0.145. The standard InChI is InChI=1S/C16H24N2O3/c1-20-13-6-3-7-14(21-2)15(13)16(19)18-10-8-12-5-4-9-17-11-12/h3,6-7,12,17H,4-5,8-11H2,1-2H3,(H,18,19). The van der Waals surface area contributed by atoms with Crippen LogP contribution in [0.2, 0.25) is 0 Å². The van der Waals surface area contributed by atoms with E-state index in [9.17, 15) is 4.79 Å². The average Bonchev–Trinajstić information content (AvgIpc) is 2.54. The molecule has 1 fully saturated rings. The number of rotatable bonds is 6. The Kier molecular flexibility index (Phi) is 5.87. The second kappa shape index (κ2) is 7.88. The molecule has 5 heteroatoms. The van der Waals surface area contributed by atoms with Gasteiger partial charge in [0, 0.05) is 6.54 Å². The van der Waals surface area contributed by atoms with Gasteiger partial charge in [0.05, 0.1) is 14.2 Å². The minimum absolute atomic E-state index is 0.145.